The van der Waals surface area contributed by atoms with Crippen molar-refractivity contribution in [3.63, 3.8) is 0 Å². The Kier molecular flexibility index (Phi) is 4.50. The zero-order valence-corrected chi connectivity index (χ0v) is 16.3. The van der Waals surface area contributed by atoms with Crippen LogP contribution in [0.5, 0.6) is 0 Å². The predicted octanol–water partition coefficient (Wildman–Crippen LogP) is 3.27. The molecule has 2 aromatic heterocycles. The summed E-state index contributed by atoms with van der Waals surface area (Å²) >= 11 is 1.67. The summed E-state index contributed by atoms with van der Waals surface area (Å²) in [6.07, 6.45) is 8.66. The van der Waals surface area contributed by atoms with Gasteiger partial charge in [-0.05, 0) is 68.5 Å². The van der Waals surface area contributed by atoms with Crippen LogP contribution < -0.4 is 5.32 Å². The second kappa shape index (κ2) is 7.00. The lowest BCUT2D eigenvalue weighted by molar-refractivity contribution is -0.0771. The van der Waals surface area contributed by atoms with Crippen LogP contribution in [0, 0.1) is 0 Å². The number of hydrogen-bond acceptors (Lipinski definition) is 5. The lowest BCUT2D eigenvalue weighted by atomic mass is 9.86. The Balaban J connectivity index is 1.44. The van der Waals surface area contributed by atoms with Crippen LogP contribution in [0.1, 0.15) is 57.4 Å². The minimum Gasteiger partial charge on any atom is -0.369 e. The van der Waals surface area contributed by atoms with E-state index in [1.165, 1.54) is 10.4 Å². The zero-order chi connectivity index (χ0) is 18.3. The molecule has 142 valence electrons. The number of ether oxygens (including phenoxy) is 1. The number of rotatable bonds is 2. The molecule has 0 aromatic carbocycles. The molecule has 0 radical (unpaired) electrons. The molecule has 1 amide bonds. The number of carbonyl (C=O) groups is 1. The van der Waals surface area contributed by atoms with E-state index < -0.39 is 0 Å². The summed E-state index contributed by atoms with van der Waals surface area (Å²) in [7, 11) is 0. The maximum Gasteiger partial charge on any atom is 0.264 e. The maximum absolute atomic E-state index is 13.4. The van der Waals surface area contributed by atoms with Gasteiger partial charge in [-0.2, -0.15) is 0 Å². The normalized spacial score (nSPS) is 24.1. The number of pyridine rings is 1. The molecule has 0 aliphatic carbocycles. The summed E-state index contributed by atoms with van der Waals surface area (Å²) in [5.41, 5.74) is 2.30. The third kappa shape index (κ3) is 3.00. The molecular formula is C21H25N3O2S. The van der Waals surface area contributed by atoms with Gasteiger partial charge in [0.05, 0.1) is 17.5 Å². The monoisotopic (exact) mass is 383 g/mol. The van der Waals surface area contributed by atoms with Crippen LogP contribution in [0.2, 0.25) is 0 Å². The predicted molar refractivity (Wildman–Crippen MR) is 105 cm³/mol. The largest absolute Gasteiger partial charge is 0.369 e. The summed E-state index contributed by atoms with van der Waals surface area (Å²) in [6, 6.07) is 6.33. The van der Waals surface area contributed by atoms with Crippen molar-refractivity contribution in [1.82, 2.24) is 15.2 Å². The Labute approximate surface area is 163 Å². The highest BCUT2D eigenvalue weighted by atomic mass is 32.1. The third-order valence-corrected chi connectivity index (χ3v) is 7.53. The molecule has 3 aliphatic rings. The first kappa shape index (κ1) is 17.3. The van der Waals surface area contributed by atoms with Crippen LogP contribution in [-0.4, -0.2) is 42.0 Å². The number of piperidine rings is 1. The van der Waals surface area contributed by atoms with Crippen molar-refractivity contribution in [2.24, 2.45) is 0 Å². The fourth-order valence-electron chi connectivity index (χ4n) is 4.80. The lowest BCUT2D eigenvalue weighted by Gasteiger charge is -2.40. The topological polar surface area (TPSA) is 54.5 Å². The number of likely N-dealkylation sites (tertiary alicyclic amines) is 1. The van der Waals surface area contributed by atoms with Crippen LogP contribution in [0.15, 0.2) is 30.6 Å². The molecule has 0 bridgehead atoms. The van der Waals surface area contributed by atoms with Crippen LogP contribution >= 0.6 is 11.3 Å². The van der Waals surface area contributed by atoms with E-state index >= 15 is 0 Å². The van der Waals surface area contributed by atoms with Gasteiger partial charge in [0.25, 0.3) is 5.91 Å². The maximum atomic E-state index is 13.4. The molecule has 5 rings (SSSR count). The number of carbonyl (C=O) groups excluding carboxylic acids is 1. The molecule has 1 unspecified atom stereocenters. The van der Waals surface area contributed by atoms with E-state index in [0.717, 1.165) is 68.8 Å². The molecule has 6 heteroatoms. The molecule has 2 saturated heterocycles. The summed E-state index contributed by atoms with van der Waals surface area (Å²) in [4.78, 5) is 21.9. The standard InChI is InChI=1S/C21H25N3O2S/c25-20(24-11-2-4-17(24)16-3-1-8-23-14-16)18-13-15-5-12-26-21(19(15)27-18)6-9-22-10-7-21/h1,3,8,13-14,17,22H,2,4-7,9-12H2. The van der Waals surface area contributed by atoms with Crippen LogP contribution in [0.3, 0.4) is 0 Å². The van der Waals surface area contributed by atoms with Gasteiger partial charge in [-0.15, -0.1) is 11.3 Å². The van der Waals surface area contributed by atoms with Crippen molar-refractivity contribution < 1.29 is 9.53 Å². The minimum atomic E-state index is -0.171. The third-order valence-electron chi connectivity index (χ3n) is 6.18. The van der Waals surface area contributed by atoms with Gasteiger partial charge in [-0.1, -0.05) is 6.07 Å². The van der Waals surface area contributed by atoms with Crippen molar-refractivity contribution in [3.05, 3.63) is 51.5 Å². The van der Waals surface area contributed by atoms with E-state index in [0.29, 0.717) is 0 Å². The first-order valence-corrected chi connectivity index (χ1v) is 10.8. The van der Waals surface area contributed by atoms with Crippen LogP contribution in [-0.2, 0) is 16.8 Å². The number of fused-ring (bicyclic) bond motifs is 2. The first-order chi connectivity index (χ1) is 13.3. The van der Waals surface area contributed by atoms with Crippen molar-refractivity contribution in [2.75, 3.05) is 26.2 Å². The van der Waals surface area contributed by atoms with E-state index in [4.69, 9.17) is 4.74 Å². The average molecular weight is 384 g/mol. The van der Waals surface area contributed by atoms with Crippen LogP contribution in [0.25, 0.3) is 0 Å². The molecule has 1 N–H and O–H groups in total. The van der Waals surface area contributed by atoms with Gasteiger partial charge in [0.15, 0.2) is 0 Å². The Bertz CT molecular complexity index is 829. The fourth-order valence-corrected chi connectivity index (χ4v) is 6.17. The number of nitrogens with one attached hydrogen (secondary N) is 1. The number of aromatic nitrogens is 1. The summed E-state index contributed by atoms with van der Waals surface area (Å²) in [5, 5.41) is 3.43. The second-order valence-corrected chi connectivity index (χ2v) is 8.80. The van der Waals surface area contributed by atoms with E-state index in [2.05, 4.69) is 22.4 Å². The molecular weight excluding hydrogens is 358 g/mol. The summed E-state index contributed by atoms with van der Waals surface area (Å²) < 4.78 is 6.28. The summed E-state index contributed by atoms with van der Waals surface area (Å²) in [6.45, 7) is 3.55. The van der Waals surface area contributed by atoms with Gasteiger partial charge in [-0.25, -0.2) is 0 Å². The van der Waals surface area contributed by atoms with E-state index in [1.54, 1.807) is 17.5 Å². The SMILES string of the molecule is O=C(c1cc2c(s1)C1(CCNCC1)OCC2)N1CCCC1c1cccnc1. The van der Waals surface area contributed by atoms with Gasteiger partial charge in [0.1, 0.15) is 5.60 Å². The highest BCUT2D eigenvalue weighted by molar-refractivity contribution is 7.14. The molecule has 2 fully saturated rings. The minimum absolute atomic E-state index is 0.148. The van der Waals surface area contributed by atoms with Gasteiger partial charge in [0.2, 0.25) is 0 Å². The molecule has 2 aromatic rings. The summed E-state index contributed by atoms with van der Waals surface area (Å²) in [5.74, 6) is 0.171. The molecule has 1 spiro atoms. The number of nitrogens with zero attached hydrogens (tertiary/aromatic N) is 2. The Hall–Kier alpha value is -1.76. The van der Waals surface area contributed by atoms with Gasteiger partial charge >= 0.3 is 0 Å². The lowest BCUT2D eigenvalue weighted by Crippen LogP contribution is -2.43. The van der Waals surface area contributed by atoms with Crippen molar-refractivity contribution in [1.29, 1.82) is 0 Å². The number of amides is 1. The van der Waals surface area contributed by atoms with Gasteiger partial charge in [0, 0.05) is 23.8 Å². The highest BCUT2D eigenvalue weighted by Gasteiger charge is 2.42. The average Bonchev–Trinajstić information content (AvgIpc) is 3.37. The first-order valence-electron chi connectivity index (χ1n) is 9.96. The molecule has 3 aliphatic heterocycles. The van der Waals surface area contributed by atoms with Gasteiger partial charge < -0.3 is 15.0 Å². The molecule has 0 saturated carbocycles. The van der Waals surface area contributed by atoms with Crippen molar-refractivity contribution >= 4 is 17.2 Å². The van der Waals surface area contributed by atoms with Crippen molar-refractivity contribution in [2.45, 2.75) is 43.7 Å². The van der Waals surface area contributed by atoms with Crippen molar-refractivity contribution in [3.8, 4) is 0 Å². The van der Waals surface area contributed by atoms with E-state index in [1.807, 2.05) is 17.2 Å². The molecule has 5 nitrogen and oxygen atoms in total. The molecule has 27 heavy (non-hydrogen) atoms. The second-order valence-electron chi connectivity index (χ2n) is 7.75. The molecule has 1 atom stereocenters. The van der Waals surface area contributed by atoms with E-state index in [-0.39, 0.29) is 17.6 Å². The fraction of sp³-hybridized carbons (Fsp3) is 0.524. The van der Waals surface area contributed by atoms with Gasteiger partial charge in [-0.3, -0.25) is 9.78 Å². The van der Waals surface area contributed by atoms with Crippen LogP contribution in [0.4, 0.5) is 0 Å². The smallest absolute Gasteiger partial charge is 0.264 e. The quantitative estimate of drug-likeness (QED) is 0.865. The Morgan fingerprint density at radius 2 is 2.26 bits per heavy atom. The molecule has 5 heterocycles. The Morgan fingerprint density at radius 3 is 3.07 bits per heavy atom. The zero-order valence-electron chi connectivity index (χ0n) is 15.4. The number of hydrogen-bond donors (Lipinski definition) is 1. The number of thiophene rings is 1. The van der Waals surface area contributed by atoms with E-state index in [9.17, 15) is 4.79 Å². The Morgan fingerprint density at radius 1 is 1.37 bits per heavy atom. The highest BCUT2D eigenvalue weighted by Crippen LogP contribution is 2.45.